The number of hydrogen-bond acceptors (Lipinski definition) is 2. The average molecular weight is 231 g/mol. The summed E-state index contributed by atoms with van der Waals surface area (Å²) >= 11 is 0. The van der Waals surface area contributed by atoms with Crippen LogP contribution in [0.3, 0.4) is 0 Å². The molecule has 0 spiro atoms. The molecule has 0 aromatic heterocycles. The second kappa shape index (κ2) is 5.13. The van der Waals surface area contributed by atoms with Crippen LogP contribution in [0.15, 0.2) is 30.3 Å². The Morgan fingerprint density at radius 3 is 2.29 bits per heavy atom. The van der Waals surface area contributed by atoms with Crippen LogP contribution >= 0.6 is 0 Å². The molecule has 3 nitrogen and oxygen atoms in total. The van der Waals surface area contributed by atoms with Crippen LogP contribution in [0.4, 0.5) is 0 Å². The molecule has 1 aromatic rings. The van der Waals surface area contributed by atoms with Gasteiger partial charge in [0.25, 0.3) is 0 Å². The van der Waals surface area contributed by atoms with E-state index in [2.05, 4.69) is 0 Å². The lowest BCUT2D eigenvalue weighted by atomic mass is 9.97. The molecule has 0 aliphatic carbocycles. The van der Waals surface area contributed by atoms with Crippen molar-refractivity contribution in [3.63, 3.8) is 0 Å². The first-order valence-corrected chi connectivity index (χ1v) is 6.04. The van der Waals surface area contributed by atoms with E-state index in [0.717, 1.165) is 12.0 Å². The predicted molar refractivity (Wildman–Crippen MR) is 65.3 cm³/mol. The van der Waals surface area contributed by atoms with Crippen LogP contribution in [-0.4, -0.2) is 23.3 Å². The van der Waals surface area contributed by atoms with Gasteiger partial charge in [-0.05, 0) is 17.9 Å². The van der Waals surface area contributed by atoms with Crippen molar-refractivity contribution in [1.82, 2.24) is 4.90 Å². The van der Waals surface area contributed by atoms with E-state index in [-0.39, 0.29) is 17.7 Å². The number of hydrogen-bond donors (Lipinski definition) is 0. The van der Waals surface area contributed by atoms with Crippen molar-refractivity contribution >= 4 is 11.8 Å². The molecule has 0 saturated carbocycles. The molecule has 90 valence electrons. The van der Waals surface area contributed by atoms with Crippen LogP contribution in [0.5, 0.6) is 0 Å². The Balaban J connectivity index is 1.95. The number of nitrogens with zero attached hydrogens (tertiary/aromatic N) is 1. The molecule has 0 bridgehead atoms. The van der Waals surface area contributed by atoms with E-state index in [9.17, 15) is 9.59 Å². The largest absolute Gasteiger partial charge is 0.282 e. The molecule has 17 heavy (non-hydrogen) atoms. The maximum absolute atomic E-state index is 11.7. The second-order valence-electron chi connectivity index (χ2n) is 4.69. The zero-order valence-corrected chi connectivity index (χ0v) is 10.1. The van der Waals surface area contributed by atoms with Gasteiger partial charge in [0.2, 0.25) is 11.8 Å². The van der Waals surface area contributed by atoms with Gasteiger partial charge in [-0.3, -0.25) is 14.5 Å². The van der Waals surface area contributed by atoms with E-state index in [4.69, 9.17) is 0 Å². The molecule has 1 aliphatic heterocycles. The highest BCUT2D eigenvalue weighted by molar-refractivity contribution is 5.97. The Labute approximate surface area is 101 Å². The van der Waals surface area contributed by atoms with Gasteiger partial charge in [-0.15, -0.1) is 0 Å². The first-order valence-electron chi connectivity index (χ1n) is 6.04. The van der Waals surface area contributed by atoms with Crippen molar-refractivity contribution in [3.8, 4) is 0 Å². The number of imide groups is 1. The first kappa shape index (κ1) is 11.8. The van der Waals surface area contributed by atoms with Crippen LogP contribution in [0, 0.1) is 5.92 Å². The molecule has 0 N–H and O–H groups in total. The summed E-state index contributed by atoms with van der Waals surface area (Å²) in [7, 11) is 0. The van der Waals surface area contributed by atoms with Crippen molar-refractivity contribution in [3.05, 3.63) is 35.9 Å². The van der Waals surface area contributed by atoms with Crippen molar-refractivity contribution in [2.45, 2.75) is 26.2 Å². The van der Waals surface area contributed by atoms with Gasteiger partial charge in [-0.2, -0.15) is 0 Å². The molecule has 2 rings (SSSR count). The Bertz CT molecular complexity index is 395. The molecule has 0 radical (unpaired) electrons. The lowest BCUT2D eigenvalue weighted by Gasteiger charge is -2.28. The highest BCUT2D eigenvalue weighted by Crippen LogP contribution is 2.19. The predicted octanol–water partition coefficient (Wildman–Crippen LogP) is 2.01. The highest BCUT2D eigenvalue weighted by atomic mass is 16.2. The van der Waals surface area contributed by atoms with Crippen molar-refractivity contribution in [2.75, 3.05) is 6.54 Å². The molecule has 1 aliphatic rings. The minimum absolute atomic E-state index is 0.0234. The standard InChI is InChI=1S/C14H17NO2/c1-11-9-13(16)15(14(17)10-11)8-7-12-5-3-2-4-6-12/h2-6,11H,7-10H2,1H3. The fraction of sp³-hybridized carbons (Fsp3) is 0.429. The van der Waals surface area contributed by atoms with Crippen LogP contribution in [0.2, 0.25) is 0 Å². The number of benzene rings is 1. The Hall–Kier alpha value is -1.64. The van der Waals surface area contributed by atoms with E-state index < -0.39 is 0 Å². The molecular formula is C14H17NO2. The Morgan fingerprint density at radius 1 is 1.12 bits per heavy atom. The summed E-state index contributed by atoms with van der Waals surface area (Å²) in [5.41, 5.74) is 1.16. The molecule has 1 heterocycles. The lowest BCUT2D eigenvalue weighted by Crippen LogP contribution is -2.43. The smallest absolute Gasteiger partial charge is 0.229 e. The zero-order chi connectivity index (χ0) is 12.3. The summed E-state index contributed by atoms with van der Waals surface area (Å²) in [5, 5.41) is 0. The van der Waals surface area contributed by atoms with E-state index in [0.29, 0.717) is 19.4 Å². The van der Waals surface area contributed by atoms with Gasteiger partial charge in [0.15, 0.2) is 0 Å². The van der Waals surface area contributed by atoms with Gasteiger partial charge in [-0.1, -0.05) is 37.3 Å². The van der Waals surface area contributed by atoms with Crippen molar-refractivity contribution < 1.29 is 9.59 Å². The summed E-state index contributed by atoms with van der Waals surface area (Å²) in [5.74, 6) is 0.150. The number of likely N-dealkylation sites (tertiary alicyclic amines) is 1. The van der Waals surface area contributed by atoms with E-state index in [1.54, 1.807) is 0 Å². The minimum atomic E-state index is -0.0234. The summed E-state index contributed by atoms with van der Waals surface area (Å²) in [6.45, 7) is 2.46. The molecule has 2 amide bonds. The number of carbonyl (C=O) groups excluding carboxylic acids is 2. The zero-order valence-electron chi connectivity index (χ0n) is 10.1. The van der Waals surface area contributed by atoms with Crippen LogP contribution in [0.1, 0.15) is 25.3 Å². The van der Waals surface area contributed by atoms with E-state index in [1.807, 2.05) is 37.3 Å². The van der Waals surface area contributed by atoms with Crippen LogP contribution in [0.25, 0.3) is 0 Å². The summed E-state index contributed by atoms with van der Waals surface area (Å²) in [6.07, 6.45) is 1.74. The third-order valence-corrected chi connectivity index (χ3v) is 3.12. The van der Waals surface area contributed by atoms with Gasteiger partial charge in [-0.25, -0.2) is 0 Å². The topological polar surface area (TPSA) is 37.4 Å². The summed E-state index contributed by atoms with van der Waals surface area (Å²) < 4.78 is 0. The number of carbonyl (C=O) groups is 2. The van der Waals surface area contributed by atoms with Gasteiger partial charge in [0.1, 0.15) is 0 Å². The molecule has 1 fully saturated rings. The Morgan fingerprint density at radius 2 is 1.71 bits per heavy atom. The van der Waals surface area contributed by atoms with Crippen molar-refractivity contribution in [1.29, 1.82) is 0 Å². The van der Waals surface area contributed by atoms with Crippen LogP contribution < -0.4 is 0 Å². The molecule has 1 aromatic carbocycles. The van der Waals surface area contributed by atoms with E-state index in [1.165, 1.54) is 4.90 Å². The van der Waals surface area contributed by atoms with E-state index >= 15 is 0 Å². The first-order chi connectivity index (χ1) is 8.16. The Kier molecular flexibility index (Phi) is 3.57. The maximum atomic E-state index is 11.7. The number of rotatable bonds is 3. The highest BCUT2D eigenvalue weighted by Gasteiger charge is 2.29. The van der Waals surface area contributed by atoms with Crippen LogP contribution in [-0.2, 0) is 16.0 Å². The molecular weight excluding hydrogens is 214 g/mol. The molecule has 3 heteroatoms. The number of amides is 2. The van der Waals surface area contributed by atoms with Gasteiger partial charge >= 0.3 is 0 Å². The summed E-state index contributed by atoms with van der Waals surface area (Å²) in [4.78, 5) is 24.9. The fourth-order valence-corrected chi connectivity index (χ4v) is 2.16. The van der Waals surface area contributed by atoms with Crippen molar-refractivity contribution in [2.24, 2.45) is 5.92 Å². The molecule has 1 saturated heterocycles. The van der Waals surface area contributed by atoms with Gasteiger partial charge < -0.3 is 0 Å². The summed E-state index contributed by atoms with van der Waals surface area (Å²) in [6, 6.07) is 9.93. The van der Waals surface area contributed by atoms with Gasteiger partial charge in [0, 0.05) is 19.4 Å². The maximum Gasteiger partial charge on any atom is 0.229 e. The monoisotopic (exact) mass is 231 g/mol. The molecule has 0 unspecified atom stereocenters. The second-order valence-corrected chi connectivity index (χ2v) is 4.69. The normalized spacial score (nSPS) is 17.6. The lowest BCUT2D eigenvalue weighted by molar-refractivity contribution is -0.149. The molecule has 0 atom stereocenters. The quantitative estimate of drug-likeness (QED) is 0.746. The minimum Gasteiger partial charge on any atom is -0.282 e. The van der Waals surface area contributed by atoms with Gasteiger partial charge in [0.05, 0.1) is 0 Å². The SMILES string of the molecule is CC1CC(=O)N(CCc2ccccc2)C(=O)C1. The number of piperidine rings is 1. The third kappa shape index (κ3) is 2.93. The third-order valence-electron chi connectivity index (χ3n) is 3.12. The average Bonchev–Trinajstić information content (AvgIpc) is 2.29. The fourth-order valence-electron chi connectivity index (χ4n) is 2.16.